The summed E-state index contributed by atoms with van der Waals surface area (Å²) in [7, 11) is 0. The first-order chi connectivity index (χ1) is 25.5. The van der Waals surface area contributed by atoms with Crippen LogP contribution in [0.15, 0.2) is 153 Å². The van der Waals surface area contributed by atoms with Crippen molar-refractivity contribution in [2.24, 2.45) is 0 Å². The van der Waals surface area contributed by atoms with Crippen LogP contribution in [0.1, 0.15) is 0 Å². The number of nitrogens with zero attached hydrogens (tertiary/aromatic N) is 2. The van der Waals surface area contributed by atoms with E-state index >= 15 is 0 Å². The highest BCUT2D eigenvalue weighted by Crippen LogP contribution is 2.42. The van der Waals surface area contributed by atoms with Crippen molar-refractivity contribution in [3.8, 4) is 43.8 Å². The molecule has 4 aromatic carbocycles. The number of furan rings is 3. The first-order valence-electron chi connectivity index (χ1n) is 16.3. The van der Waals surface area contributed by atoms with Crippen LogP contribution in [0.25, 0.3) is 110 Å². The molecule has 0 amide bonds. The third-order valence-corrected chi connectivity index (χ3v) is 10.4. The zero-order chi connectivity index (χ0) is 34.5. The molecule has 0 bridgehead atoms. The van der Waals surface area contributed by atoms with Gasteiger partial charge in [0, 0.05) is 27.8 Å². The minimum absolute atomic E-state index is 0.288. The Morgan fingerprint density at radius 1 is 0.442 bits per heavy atom. The summed E-state index contributed by atoms with van der Waals surface area (Å²) in [4.78, 5) is 36.7. The van der Waals surface area contributed by atoms with Gasteiger partial charge in [-0.05, 0) is 70.1 Å². The van der Waals surface area contributed by atoms with Gasteiger partial charge in [-0.25, -0.2) is 14.6 Å². The van der Waals surface area contributed by atoms with Crippen molar-refractivity contribution in [1.29, 1.82) is 0 Å². The van der Waals surface area contributed by atoms with E-state index in [0.717, 1.165) is 42.1 Å². The Hall–Kier alpha value is -7.04. The van der Waals surface area contributed by atoms with Gasteiger partial charge in [0.05, 0.1) is 34.1 Å². The molecule has 0 spiro atoms. The number of hydrogen-bond acceptors (Lipinski definition) is 10. The van der Waals surface area contributed by atoms with E-state index in [9.17, 15) is 9.59 Å². The Labute approximate surface area is 294 Å². The third kappa shape index (κ3) is 4.48. The molecule has 52 heavy (non-hydrogen) atoms. The Balaban J connectivity index is 0.927. The van der Waals surface area contributed by atoms with Crippen molar-refractivity contribution in [1.82, 2.24) is 9.97 Å². The van der Waals surface area contributed by atoms with E-state index in [1.165, 1.54) is 17.5 Å². The molecule has 0 radical (unpaired) electrons. The topological polar surface area (TPSA) is 126 Å². The molecular weight excluding hydrogens is 677 g/mol. The van der Waals surface area contributed by atoms with Gasteiger partial charge in [0.25, 0.3) is 0 Å². The molecular formula is C42H20N2O7S. The highest BCUT2D eigenvalue weighted by atomic mass is 32.1. The van der Waals surface area contributed by atoms with Gasteiger partial charge < -0.3 is 22.1 Å². The lowest BCUT2D eigenvalue weighted by Gasteiger charge is -2.05. The molecule has 0 atom stereocenters. The molecule has 7 aromatic heterocycles. The van der Waals surface area contributed by atoms with E-state index in [1.807, 2.05) is 91.0 Å². The highest BCUT2D eigenvalue weighted by molar-refractivity contribution is 7.18. The number of fused-ring (bicyclic) bond motifs is 7. The molecule has 9 nitrogen and oxygen atoms in total. The summed E-state index contributed by atoms with van der Waals surface area (Å²) in [5.74, 6) is 0.965. The Morgan fingerprint density at radius 3 is 1.65 bits per heavy atom. The summed E-state index contributed by atoms with van der Waals surface area (Å²) in [6, 6.07) is 34.6. The van der Waals surface area contributed by atoms with Crippen LogP contribution in [0.5, 0.6) is 0 Å². The second kappa shape index (κ2) is 10.7. The van der Waals surface area contributed by atoms with Gasteiger partial charge >= 0.3 is 11.3 Å². The molecule has 0 aliphatic carbocycles. The van der Waals surface area contributed by atoms with E-state index < -0.39 is 11.3 Å². The lowest BCUT2D eigenvalue weighted by Crippen LogP contribution is -2.04. The maximum atomic E-state index is 13.1. The highest BCUT2D eigenvalue weighted by Gasteiger charge is 2.22. The van der Waals surface area contributed by atoms with Gasteiger partial charge in [-0.2, -0.15) is 0 Å². The maximum absolute atomic E-state index is 13.1. The first-order valence-corrected chi connectivity index (χ1v) is 17.1. The van der Waals surface area contributed by atoms with Crippen molar-refractivity contribution >= 4 is 77.2 Å². The average Bonchev–Trinajstić information content (AvgIpc) is 3.95. The smallest absolute Gasteiger partial charge is 0.345 e. The summed E-state index contributed by atoms with van der Waals surface area (Å²) in [5.41, 5.74) is 3.50. The quantitative estimate of drug-likeness (QED) is 0.130. The van der Waals surface area contributed by atoms with Crippen LogP contribution >= 0.6 is 11.3 Å². The van der Waals surface area contributed by atoms with Crippen LogP contribution < -0.4 is 11.3 Å². The molecule has 11 aromatic rings. The normalized spacial score (nSPS) is 12.0. The minimum Gasteiger partial charge on any atom is -0.449 e. The van der Waals surface area contributed by atoms with E-state index in [4.69, 9.17) is 27.1 Å². The molecule has 7 heterocycles. The minimum atomic E-state index is -0.515. The fourth-order valence-corrected chi connectivity index (χ4v) is 7.74. The zero-order valence-corrected chi connectivity index (χ0v) is 27.5. The van der Waals surface area contributed by atoms with Gasteiger partial charge in [-0.1, -0.05) is 48.5 Å². The van der Waals surface area contributed by atoms with Crippen molar-refractivity contribution in [2.75, 3.05) is 0 Å². The number of aromatic nitrogens is 2. The standard InChI is InChI=1S/C42H20N2O7S/c45-41-27(13-25-11-21-5-1-3-7-23(21)15-31(25)50-41)29-19-43-20-30(44-29)33-17-35-39(48-33)40-36(47-35)18-34(49-40)38-10-9-37(52-38)28-14-26-12-22-6-2-4-8-24(22)16-32(26)51-42(28)46/h1-20H. The average molecular weight is 697 g/mol. The fourth-order valence-electron chi connectivity index (χ4n) is 6.78. The van der Waals surface area contributed by atoms with E-state index in [1.54, 1.807) is 24.4 Å². The number of rotatable bonds is 4. The van der Waals surface area contributed by atoms with Crippen molar-refractivity contribution < 1.29 is 22.1 Å². The zero-order valence-electron chi connectivity index (χ0n) is 26.7. The molecule has 246 valence electrons. The van der Waals surface area contributed by atoms with Crippen LogP contribution in [-0.2, 0) is 0 Å². The number of hydrogen-bond donors (Lipinski definition) is 0. The van der Waals surface area contributed by atoms with E-state index in [0.29, 0.717) is 62.0 Å². The lowest BCUT2D eigenvalue weighted by atomic mass is 10.1. The van der Waals surface area contributed by atoms with Crippen molar-refractivity contribution in [3.05, 3.63) is 142 Å². The third-order valence-electron chi connectivity index (χ3n) is 9.30. The van der Waals surface area contributed by atoms with Gasteiger partial charge in [0.15, 0.2) is 16.9 Å². The molecule has 10 heteroatoms. The van der Waals surface area contributed by atoms with Gasteiger partial charge in [0.1, 0.15) is 22.6 Å². The SMILES string of the molecule is O=c1oc2cc3ccccc3cc2cc1-c1cncc(-c2cc3oc4cc(-c5ccc(-c6cc7cc8ccccc8cc7oc6=O)s5)oc4c3o2)n1. The fraction of sp³-hybridized carbons (Fsp3) is 0. The second-order valence-electron chi connectivity index (χ2n) is 12.5. The van der Waals surface area contributed by atoms with Crippen molar-refractivity contribution in [2.45, 2.75) is 0 Å². The Bertz CT molecular complexity index is 3380. The van der Waals surface area contributed by atoms with Crippen LogP contribution in [0.2, 0.25) is 0 Å². The molecule has 0 aliphatic rings. The molecule has 0 saturated carbocycles. The Kier molecular flexibility index (Phi) is 5.93. The molecule has 0 saturated heterocycles. The van der Waals surface area contributed by atoms with Gasteiger partial charge in [0.2, 0.25) is 11.2 Å². The maximum Gasteiger partial charge on any atom is 0.345 e. The molecule has 0 N–H and O–H groups in total. The summed E-state index contributed by atoms with van der Waals surface area (Å²) < 4.78 is 30.0. The Morgan fingerprint density at radius 2 is 0.981 bits per heavy atom. The monoisotopic (exact) mass is 696 g/mol. The largest absolute Gasteiger partial charge is 0.449 e. The van der Waals surface area contributed by atoms with Crippen LogP contribution in [-0.4, -0.2) is 9.97 Å². The van der Waals surface area contributed by atoms with E-state index in [-0.39, 0.29) is 5.56 Å². The van der Waals surface area contributed by atoms with E-state index in [2.05, 4.69) is 4.98 Å². The van der Waals surface area contributed by atoms with Crippen LogP contribution in [0.4, 0.5) is 0 Å². The first kappa shape index (κ1) is 28.8. The predicted octanol–water partition coefficient (Wildman–Crippen LogP) is 10.8. The summed E-state index contributed by atoms with van der Waals surface area (Å²) in [6.07, 6.45) is 3.08. The molecule has 11 rings (SSSR count). The van der Waals surface area contributed by atoms with Gasteiger partial charge in [-0.15, -0.1) is 11.3 Å². The summed E-state index contributed by atoms with van der Waals surface area (Å²) >= 11 is 1.42. The van der Waals surface area contributed by atoms with Crippen LogP contribution in [0, 0.1) is 0 Å². The second-order valence-corrected chi connectivity index (χ2v) is 13.6. The van der Waals surface area contributed by atoms with Crippen LogP contribution in [0.3, 0.4) is 0 Å². The summed E-state index contributed by atoms with van der Waals surface area (Å²) in [5, 5.41) is 5.72. The van der Waals surface area contributed by atoms with Gasteiger partial charge in [-0.3, -0.25) is 4.98 Å². The lowest BCUT2D eigenvalue weighted by molar-refractivity contribution is 0.563. The van der Waals surface area contributed by atoms with Crippen molar-refractivity contribution in [3.63, 3.8) is 0 Å². The molecule has 0 fully saturated rings. The number of benzene rings is 4. The molecule has 0 unspecified atom stereocenters. The number of thiophene rings is 1. The molecule has 0 aliphatic heterocycles. The summed E-state index contributed by atoms with van der Waals surface area (Å²) in [6.45, 7) is 0. The predicted molar refractivity (Wildman–Crippen MR) is 201 cm³/mol.